The Kier molecular flexibility index (Phi) is 4.95. The molecule has 8 heteroatoms. The van der Waals surface area contributed by atoms with Gasteiger partial charge in [-0.25, -0.2) is 0 Å². The van der Waals surface area contributed by atoms with Crippen LogP contribution in [0.15, 0.2) is 23.4 Å². The van der Waals surface area contributed by atoms with E-state index < -0.39 is 24.9 Å². The van der Waals surface area contributed by atoms with Gasteiger partial charge in [0.1, 0.15) is 0 Å². The van der Waals surface area contributed by atoms with Crippen LogP contribution in [-0.4, -0.2) is 23.1 Å². The van der Waals surface area contributed by atoms with Crippen molar-refractivity contribution in [3.05, 3.63) is 29.3 Å². The van der Waals surface area contributed by atoms with Gasteiger partial charge in [-0.15, -0.1) is 0 Å². The van der Waals surface area contributed by atoms with Gasteiger partial charge < -0.3 is 16.3 Å². The lowest BCUT2D eigenvalue weighted by atomic mass is 10.1. The van der Waals surface area contributed by atoms with Crippen LogP contribution in [0.5, 0.6) is 0 Å². The molecular formula is C12H14F3N3O2. The molecule has 5 nitrogen and oxygen atoms in total. The first kappa shape index (κ1) is 15.8. The number of nitrogens with one attached hydrogen (secondary N) is 1. The number of alkyl halides is 3. The Morgan fingerprint density at radius 3 is 2.65 bits per heavy atom. The summed E-state index contributed by atoms with van der Waals surface area (Å²) in [5.74, 6) is -0.905. The number of amides is 1. The summed E-state index contributed by atoms with van der Waals surface area (Å²) in [6.07, 6.45) is -6.21. The van der Waals surface area contributed by atoms with Gasteiger partial charge in [-0.2, -0.15) is 13.2 Å². The molecule has 0 fully saturated rings. The monoisotopic (exact) mass is 289 g/mol. The number of benzene rings is 1. The Morgan fingerprint density at radius 1 is 1.45 bits per heavy atom. The van der Waals surface area contributed by atoms with Gasteiger partial charge in [-0.3, -0.25) is 4.79 Å². The number of rotatable bonds is 4. The summed E-state index contributed by atoms with van der Waals surface area (Å²) in [4.78, 5) is 11.4. The predicted octanol–water partition coefficient (Wildman–Crippen LogP) is 2.37. The highest BCUT2D eigenvalue weighted by Gasteiger charge is 2.27. The Hall–Kier alpha value is -2.25. The molecule has 0 aromatic heterocycles. The zero-order valence-corrected chi connectivity index (χ0v) is 10.7. The fourth-order valence-corrected chi connectivity index (χ4v) is 1.44. The summed E-state index contributed by atoms with van der Waals surface area (Å²) in [6.45, 7) is 1.68. The van der Waals surface area contributed by atoms with Crippen molar-refractivity contribution in [1.82, 2.24) is 0 Å². The van der Waals surface area contributed by atoms with E-state index in [9.17, 15) is 18.0 Å². The van der Waals surface area contributed by atoms with Crippen LogP contribution in [-0.2, 0) is 4.79 Å². The smallest absolute Gasteiger partial charge is 0.389 e. The van der Waals surface area contributed by atoms with Gasteiger partial charge in [0.05, 0.1) is 6.42 Å². The van der Waals surface area contributed by atoms with Crippen molar-refractivity contribution in [3.63, 3.8) is 0 Å². The molecule has 110 valence electrons. The fraction of sp³-hybridized carbons (Fsp3) is 0.333. The van der Waals surface area contributed by atoms with Crippen LogP contribution in [0.25, 0.3) is 0 Å². The summed E-state index contributed by atoms with van der Waals surface area (Å²) in [7, 11) is 0. The third-order valence-electron chi connectivity index (χ3n) is 2.55. The maximum Gasteiger partial charge on any atom is 0.389 e. The van der Waals surface area contributed by atoms with Crippen LogP contribution in [0.3, 0.4) is 0 Å². The minimum absolute atomic E-state index is 0.157. The molecular weight excluding hydrogens is 275 g/mol. The topological polar surface area (TPSA) is 87.7 Å². The van der Waals surface area contributed by atoms with Crippen LogP contribution in [0.4, 0.5) is 18.9 Å². The quantitative estimate of drug-likeness (QED) is 0.344. The summed E-state index contributed by atoms with van der Waals surface area (Å²) < 4.78 is 36.0. The van der Waals surface area contributed by atoms with Crippen molar-refractivity contribution in [2.24, 2.45) is 10.9 Å². The normalized spacial score (nSPS) is 12.3. The molecule has 0 radical (unpaired) electrons. The number of oxime groups is 1. The van der Waals surface area contributed by atoms with E-state index in [0.29, 0.717) is 16.8 Å². The van der Waals surface area contributed by atoms with Crippen molar-refractivity contribution in [3.8, 4) is 0 Å². The number of carbonyl (C=O) groups is 1. The molecule has 0 saturated carbocycles. The maximum absolute atomic E-state index is 12.0. The lowest BCUT2D eigenvalue weighted by Gasteiger charge is -2.11. The van der Waals surface area contributed by atoms with Gasteiger partial charge in [0.25, 0.3) is 0 Å². The number of anilines is 1. The minimum Gasteiger partial charge on any atom is -0.409 e. The summed E-state index contributed by atoms with van der Waals surface area (Å²) in [5.41, 5.74) is 6.72. The Bertz CT molecular complexity index is 527. The SMILES string of the molecule is Cc1ccc(C(N)=NO)cc1NC(=O)CCC(F)(F)F. The van der Waals surface area contributed by atoms with Crippen LogP contribution in [0.1, 0.15) is 24.0 Å². The number of aryl methyl sites for hydroxylation is 1. The van der Waals surface area contributed by atoms with Crippen molar-refractivity contribution < 1.29 is 23.2 Å². The number of halogens is 3. The highest BCUT2D eigenvalue weighted by molar-refractivity contribution is 5.99. The molecule has 0 spiro atoms. The van der Waals surface area contributed by atoms with Gasteiger partial charge in [0.15, 0.2) is 5.84 Å². The first-order chi connectivity index (χ1) is 9.23. The molecule has 0 aliphatic rings. The first-order valence-corrected chi connectivity index (χ1v) is 5.68. The van der Waals surface area contributed by atoms with Crippen LogP contribution < -0.4 is 11.1 Å². The lowest BCUT2D eigenvalue weighted by Crippen LogP contribution is -2.18. The molecule has 0 aliphatic carbocycles. The standard InChI is InChI=1S/C12H14F3N3O2/c1-7-2-3-8(11(16)18-20)6-9(7)17-10(19)4-5-12(13,14)15/h2-3,6,20H,4-5H2,1H3,(H2,16,18)(H,17,19). The van der Waals surface area contributed by atoms with E-state index in [0.717, 1.165) is 0 Å². The van der Waals surface area contributed by atoms with E-state index in [1.54, 1.807) is 19.1 Å². The fourth-order valence-electron chi connectivity index (χ4n) is 1.44. The van der Waals surface area contributed by atoms with E-state index >= 15 is 0 Å². The zero-order valence-electron chi connectivity index (χ0n) is 10.7. The summed E-state index contributed by atoms with van der Waals surface area (Å²) >= 11 is 0. The van der Waals surface area contributed by atoms with Gasteiger partial charge in [-0.05, 0) is 18.6 Å². The van der Waals surface area contributed by atoms with Crippen LogP contribution >= 0.6 is 0 Å². The molecule has 1 aromatic carbocycles. The minimum atomic E-state index is -4.37. The first-order valence-electron chi connectivity index (χ1n) is 5.68. The molecule has 1 aromatic rings. The molecule has 0 saturated heterocycles. The second-order valence-electron chi connectivity index (χ2n) is 4.18. The van der Waals surface area contributed by atoms with Crippen molar-refractivity contribution in [1.29, 1.82) is 0 Å². The average molecular weight is 289 g/mol. The number of nitrogens with zero attached hydrogens (tertiary/aromatic N) is 1. The number of hydrogen-bond acceptors (Lipinski definition) is 3. The summed E-state index contributed by atoms with van der Waals surface area (Å²) in [6, 6.07) is 4.60. The van der Waals surface area contributed by atoms with Crippen LogP contribution in [0, 0.1) is 6.92 Å². The highest BCUT2D eigenvalue weighted by atomic mass is 19.4. The molecule has 0 heterocycles. The van der Waals surface area contributed by atoms with Gasteiger partial charge in [0, 0.05) is 17.7 Å². The van der Waals surface area contributed by atoms with Crippen molar-refractivity contribution in [2.45, 2.75) is 25.9 Å². The van der Waals surface area contributed by atoms with Gasteiger partial charge >= 0.3 is 6.18 Å². The molecule has 4 N–H and O–H groups in total. The molecule has 0 unspecified atom stereocenters. The van der Waals surface area contributed by atoms with E-state index in [4.69, 9.17) is 10.9 Å². The van der Waals surface area contributed by atoms with Crippen molar-refractivity contribution in [2.75, 3.05) is 5.32 Å². The summed E-state index contributed by atoms with van der Waals surface area (Å²) in [5, 5.41) is 13.7. The van der Waals surface area contributed by atoms with Gasteiger partial charge in [0.2, 0.25) is 5.91 Å². The number of amidine groups is 1. The molecule has 0 atom stereocenters. The van der Waals surface area contributed by atoms with E-state index in [1.807, 2.05) is 0 Å². The maximum atomic E-state index is 12.0. The third-order valence-corrected chi connectivity index (χ3v) is 2.55. The molecule has 0 bridgehead atoms. The Balaban J connectivity index is 2.79. The molecule has 1 amide bonds. The largest absolute Gasteiger partial charge is 0.409 e. The van der Waals surface area contributed by atoms with Gasteiger partial charge in [-0.1, -0.05) is 17.3 Å². The number of hydrogen-bond donors (Lipinski definition) is 3. The van der Waals surface area contributed by atoms with E-state index in [-0.39, 0.29) is 5.84 Å². The van der Waals surface area contributed by atoms with E-state index in [2.05, 4.69) is 10.5 Å². The van der Waals surface area contributed by atoms with Crippen molar-refractivity contribution >= 4 is 17.4 Å². The predicted molar refractivity (Wildman–Crippen MR) is 67.6 cm³/mol. The highest BCUT2D eigenvalue weighted by Crippen LogP contribution is 2.22. The average Bonchev–Trinajstić information content (AvgIpc) is 2.37. The number of carbonyl (C=O) groups excluding carboxylic acids is 1. The Labute approximate surface area is 113 Å². The number of nitrogens with two attached hydrogens (primary N) is 1. The zero-order chi connectivity index (χ0) is 15.3. The molecule has 0 aliphatic heterocycles. The second-order valence-corrected chi connectivity index (χ2v) is 4.18. The Morgan fingerprint density at radius 2 is 2.10 bits per heavy atom. The molecule has 1 rings (SSSR count). The lowest BCUT2D eigenvalue weighted by molar-refractivity contribution is -0.142. The second kappa shape index (κ2) is 6.27. The van der Waals surface area contributed by atoms with Crippen LogP contribution in [0.2, 0.25) is 0 Å². The molecule has 20 heavy (non-hydrogen) atoms. The van der Waals surface area contributed by atoms with E-state index in [1.165, 1.54) is 6.07 Å². The third kappa shape index (κ3) is 4.79.